The first kappa shape index (κ1) is 14.0. The molecule has 0 aliphatic heterocycles. The van der Waals surface area contributed by atoms with Gasteiger partial charge in [-0.2, -0.15) is 17.6 Å². The molecule has 0 saturated carbocycles. The van der Waals surface area contributed by atoms with E-state index < -0.39 is 31.2 Å². The van der Waals surface area contributed by atoms with Crippen LogP contribution >= 0.6 is 0 Å². The number of ether oxygens (including phenoxy) is 2. The van der Waals surface area contributed by atoms with E-state index in [1.54, 1.807) is 0 Å². The van der Waals surface area contributed by atoms with E-state index >= 15 is 0 Å². The van der Waals surface area contributed by atoms with Crippen LogP contribution in [-0.4, -0.2) is 31.2 Å². The molecule has 0 amide bonds. The van der Waals surface area contributed by atoms with E-state index in [1.807, 2.05) is 0 Å². The molecular weight excluding hydrogens is 234 g/mol. The Morgan fingerprint density at radius 2 is 1.73 bits per heavy atom. The van der Waals surface area contributed by atoms with Crippen molar-refractivity contribution < 1.29 is 40.6 Å². The molecule has 9 heteroatoms. The lowest BCUT2D eigenvalue weighted by atomic mass is 10.6. The molecule has 0 radical (unpaired) electrons. The number of halogens is 6. The van der Waals surface area contributed by atoms with E-state index in [2.05, 4.69) is 9.47 Å². The first-order valence-electron chi connectivity index (χ1n) is 3.54. The molecule has 15 heavy (non-hydrogen) atoms. The molecule has 0 aromatic carbocycles. The van der Waals surface area contributed by atoms with E-state index in [9.17, 15) is 31.1 Å². The number of alkyl halides is 6. The topological polar surface area (TPSA) is 35.5 Å². The van der Waals surface area contributed by atoms with Crippen molar-refractivity contribution in [1.29, 1.82) is 0 Å². The highest BCUT2D eigenvalue weighted by Gasteiger charge is 2.56. The van der Waals surface area contributed by atoms with Crippen molar-refractivity contribution in [3.8, 4) is 0 Å². The molecule has 0 heterocycles. The highest BCUT2D eigenvalue weighted by molar-refractivity contribution is 5.75. The zero-order valence-electron chi connectivity index (χ0n) is 7.28. The summed E-state index contributed by atoms with van der Waals surface area (Å²) in [4.78, 5) is 10.3. The van der Waals surface area contributed by atoms with Gasteiger partial charge in [-0.1, -0.05) is 0 Å². The summed E-state index contributed by atoms with van der Waals surface area (Å²) in [7, 11) is 0. The minimum atomic E-state index is -5.42. The summed E-state index contributed by atoms with van der Waals surface area (Å²) in [6.45, 7) is 0.595. The Bertz CT molecular complexity index is 229. The van der Waals surface area contributed by atoms with Crippen molar-refractivity contribution in [2.75, 3.05) is 6.61 Å². The van der Waals surface area contributed by atoms with Gasteiger partial charge in [-0.05, 0) is 6.92 Å². The third kappa shape index (κ3) is 3.94. The summed E-state index contributed by atoms with van der Waals surface area (Å²) in [5, 5.41) is 0. The third-order valence-corrected chi connectivity index (χ3v) is 1.03. The molecule has 3 nitrogen and oxygen atoms in total. The van der Waals surface area contributed by atoms with E-state index in [-0.39, 0.29) is 0 Å². The summed E-state index contributed by atoms with van der Waals surface area (Å²) < 4.78 is 77.6. The minimum Gasteiger partial charge on any atom is -0.460 e. The summed E-state index contributed by atoms with van der Waals surface area (Å²) in [5.74, 6) is -2.45. The Balaban J connectivity index is 4.56. The largest absolute Gasteiger partial charge is 0.460 e. The quantitative estimate of drug-likeness (QED) is 0.544. The van der Waals surface area contributed by atoms with Crippen LogP contribution < -0.4 is 0 Å². The molecule has 0 spiro atoms. The number of carbonyl (C=O) groups excluding carboxylic acids is 1. The monoisotopic (exact) mass is 240 g/mol. The van der Waals surface area contributed by atoms with Crippen LogP contribution in [0.15, 0.2) is 0 Å². The second-order valence-corrected chi connectivity index (χ2v) is 2.20. The highest BCUT2D eigenvalue weighted by Crippen LogP contribution is 2.32. The number of esters is 1. The lowest BCUT2D eigenvalue weighted by molar-refractivity contribution is -0.394. The second-order valence-electron chi connectivity index (χ2n) is 2.20. The number of carbonyl (C=O) groups is 1. The molecule has 0 rings (SSSR count). The van der Waals surface area contributed by atoms with Crippen LogP contribution in [0.4, 0.5) is 26.3 Å². The summed E-state index contributed by atoms with van der Waals surface area (Å²) >= 11 is 0. The van der Waals surface area contributed by atoms with Crippen LogP contribution in [0.1, 0.15) is 6.92 Å². The van der Waals surface area contributed by atoms with E-state index in [4.69, 9.17) is 0 Å². The van der Waals surface area contributed by atoms with Crippen LogP contribution in [0, 0.1) is 0 Å². The van der Waals surface area contributed by atoms with Gasteiger partial charge < -0.3 is 4.74 Å². The fourth-order valence-corrected chi connectivity index (χ4v) is 0.472. The zero-order valence-corrected chi connectivity index (χ0v) is 7.28. The normalized spacial score (nSPS) is 13.1. The van der Waals surface area contributed by atoms with Gasteiger partial charge >= 0.3 is 24.6 Å². The van der Waals surface area contributed by atoms with Gasteiger partial charge in [-0.15, -0.1) is 0 Å². The Hall–Kier alpha value is -0.990. The first-order chi connectivity index (χ1) is 6.63. The van der Waals surface area contributed by atoms with Gasteiger partial charge in [0, 0.05) is 0 Å². The molecule has 0 N–H and O–H groups in total. The number of hydrogen-bond donors (Lipinski definition) is 0. The van der Waals surface area contributed by atoms with E-state index in [1.165, 1.54) is 0 Å². The molecular formula is C6H6F6O3. The molecule has 0 aliphatic rings. The third-order valence-electron chi connectivity index (χ3n) is 1.03. The van der Waals surface area contributed by atoms with Gasteiger partial charge in [-0.25, -0.2) is 18.3 Å². The Morgan fingerprint density at radius 1 is 1.27 bits per heavy atom. The van der Waals surface area contributed by atoms with Crippen molar-refractivity contribution in [2.24, 2.45) is 0 Å². The van der Waals surface area contributed by atoms with Crippen molar-refractivity contribution in [3.63, 3.8) is 0 Å². The zero-order chi connectivity index (χ0) is 12.3. The average Bonchev–Trinajstić information content (AvgIpc) is 2.02. The minimum absolute atomic E-state index is 0.530. The van der Waals surface area contributed by atoms with Gasteiger partial charge in [0.2, 0.25) is 0 Å². The lowest BCUT2D eigenvalue weighted by Crippen LogP contribution is -2.44. The Labute approximate surface area is 79.9 Å². The fraction of sp³-hybridized carbons (Fsp3) is 0.833. The predicted molar refractivity (Wildman–Crippen MR) is 33.6 cm³/mol. The Morgan fingerprint density at radius 3 is 2.07 bits per heavy atom. The lowest BCUT2D eigenvalue weighted by Gasteiger charge is -2.21. The molecule has 90 valence electrons. The molecule has 0 saturated heterocycles. The maximum Gasteiger partial charge on any atom is 0.460 e. The van der Waals surface area contributed by atoms with Crippen molar-refractivity contribution in [3.05, 3.63) is 0 Å². The Kier molecular flexibility index (Phi) is 4.38. The number of rotatable bonds is 5. The SMILES string of the molecule is CCOC(=O)C(F)(F)OC(F)(F)C(F)F. The van der Waals surface area contributed by atoms with Crippen LogP contribution in [0.2, 0.25) is 0 Å². The van der Waals surface area contributed by atoms with Crippen molar-refractivity contribution in [2.45, 2.75) is 25.6 Å². The van der Waals surface area contributed by atoms with Gasteiger partial charge in [0.1, 0.15) is 0 Å². The van der Waals surface area contributed by atoms with Gasteiger partial charge in [0.25, 0.3) is 0 Å². The van der Waals surface area contributed by atoms with Crippen LogP contribution in [0.3, 0.4) is 0 Å². The van der Waals surface area contributed by atoms with Crippen LogP contribution in [0.25, 0.3) is 0 Å². The van der Waals surface area contributed by atoms with Crippen LogP contribution in [0.5, 0.6) is 0 Å². The molecule has 0 aromatic heterocycles. The highest BCUT2D eigenvalue weighted by atomic mass is 19.3. The van der Waals surface area contributed by atoms with E-state index in [0.29, 0.717) is 0 Å². The molecule has 0 atom stereocenters. The number of hydrogen-bond acceptors (Lipinski definition) is 3. The summed E-state index contributed by atoms with van der Waals surface area (Å²) in [6.07, 6.45) is -15.0. The van der Waals surface area contributed by atoms with Gasteiger partial charge in [0.05, 0.1) is 6.61 Å². The molecule has 0 unspecified atom stereocenters. The predicted octanol–water partition coefficient (Wildman–Crippen LogP) is 2.02. The average molecular weight is 240 g/mol. The second kappa shape index (κ2) is 4.69. The van der Waals surface area contributed by atoms with Crippen LogP contribution in [-0.2, 0) is 14.3 Å². The van der Waals surface area contributed by atoms with Crippen molar-refractivity contribution in [1.82, 2.24) is 0 Å². The first-order valence-corrected chi connectivity index (χ1v) is 3.54. The summed E-state index contributed by atoms with van der Waals surface area (Å²) in [5.41, 5.74) is 0. The maximum absolute atomic E-state index is 12.4. The molecule has 0 aliphatic carbocycles. The molecule has 0 fully saturated rings. The van der Waals surface area contributed by atoms with Gasteiger partial charge in [0.15, 0.2) is 0 Å². The van der Waals surface area contributed by atoms with Crippen molar-refractivity contribution >= 4 is 5.97 Å². The fourth-order valence-electron chi connectivity index (χ4n) is 0.472. The molecule has 0 bridgehead atoms. The summed E-state index contributed by atoms with van der Waals surface area (Å²) in [6, 6.07) is 0. The smallest absolute Gasteiger partial charge is 0.460 e. The van der Waals surface area contributed by atoms with E-state index in [0.717, 1.165) is 6.92 Å². The standard InChI is InChI=1S/C6H6F6O3/c1-2-14-4(13)6(11,12)15-5(9,10)3(7)8/h3H,2H2,1H3. The molecule has 0 aromatic rings. The van der Waals surface area contributed by atoms with Gasteiger partial charge in [-0.3, -0.25) is 0 Å². The maximum atomic E-state index is 12.4.